The van der Waals surface area contributed by atoms with E-state index in [0.29, 0.717) is 12.2 Å². The Hall–Kier alpha value is -2.27. The molecule has 2 aromatic rings. The number of nitrogens with two attached hydrogens (primary N) is 1. The third-order valence-electron chi connectivity index (χ3n) is 2.83. The van der Waals surface area contributed by atoms with Crippen molar-refractivity contribution in [3.63, 3.8) is 0 Å². The molecule has 1 aromatic carbocycles. The highest BCUT2D eigenvalue weighted by Gasteiger charge is 2.16. The second-order valence-corrected chi connectivity index (χ2v) is 4.09. The summed E-state index contributed by atoms with van der Waals surface area (Å²) in [6.07, 6.45) is 2.40. The molecule has 0 bridgehead atoms. The van der Waals surface area contributed by atoms with Crippen LogP contribution in [0.5, 0.6) is 0 Å². The molecule has 98 valence electrons. The first kappa shape index (κ1) is 13.2. The van der Waals surface area contributed by atoms with Gasteiger partial charge in [0.25, 0.3) is 5.91 Å². The highest BCUT2D eigenvalue weighted by atomic mass is 19.1. The number of para-hydroxylation sites is 1. The lowest BCUT2D eigenvalue weighted by molar-refractivity contribution is 0.0992. The minimum absolute atomic E-state index is 0.203. The van der Waals surface area contributed by atoms with Crippen LogP contribution >= 0.6 is 0 Å². The van der Waals surface area contributed by atoms with Crippen LogP contribution in [0.1, 0.15) is 15.9 Å². The van der Waals surface area contributed by atoms with Gasteiger partial charge in [0.1, 0.15) is 5.82 Å². The van der Waals surface area contributed by atoms with Crippen molar-refractivity contribution in [2.24, 2.45) is 5.73 Å². The third-order valence-corrected chi connectivity index (χ3v) is 2.83. The van der Waals surface area contributed by atoms with Crippen LogP contribution in [0.3, 0.4) is 0 Å². The number of nitrogens with zero attached hydrogens (tertiary/aromatic N) is 2. The Morgan fingerprint density at radius 1 is 1.37 bits per heavy atom. The molecule has 0 aliphatic carbocycles. The maximum atomic E-state index is 13.1. The van der Waals surface area contributed by atoms with Crippen LogP contribution in [0.15, 0.2) is 42.7 Å². The van der Waals surface area contributed by atoms with Gasteiger partial charge in [0.2, 0.25) is 0 Å². The van der Waals surface area contributed by atoms with Crippen molar-refractivity contribution in [1.29, 1.82) is 0 Å². The molecule has 2 rings (SSSR count). The molecule has 1 heterocycles. The van der Waals surface area contributed by atoms with Crippen molar-refractivity contribution in [1.82, 2.24) is 4.98 Å². The Labute approximate surface area is 110 Å². The standard InChI is InChI=1S/C14H14FN3O/c1-18(13-5-3-2-4-10(13)7-16)14(19)11-6-12(15)9-17-8-11/h2-6,8-9H,7,16H2,1H3. The molecule has 2 N–H and O–H groups in total. The number of aromatic nitrogens is 1. The van der Waals surface area contributed by atoms with Crippen LogP contribution < -0.4 is 10.6 Å². The lowest BCUT2D eigenvalue weighted by Gasteiger charge is -2.20. The molecule has 0 fully saturated rings. The first-order valence-corrected chi connectivity index (χ1v) is 5.80. The molecule has 0 aliphatic heterocycles. The Kier molecular flexibility index (Phi) is 3.87. The molecule has 0 aliphatic rings. The monoisotopic (exact) mass is 259 g/mol. The summed E-state index contributed by atoms with van der Waals surface area (Å²) in [6.45, 7) is 0.329. The summed E-state index contributed by atoms with van der Waals surface area (Å²) in [7, 11) is 1.63. The summed E-state index contributed by atoms with van der Waals surface area (Å²) in [5.74, 6) is -0.862. The third kappa shape index (κ3) is 2.77. The van der Waals surface area contributed by atoms with E-state index in [1.54, 1.807) is 13.1 Å². The van der Waals surface area contributed by atoms with Crippen molar-refractivity contribution in [3.8, 4) is 0 Å². The highest BCUT2D eigenvalue weighted by molar-refractivity contribution is 6.05. The van der Waals surface area contributed by atoms with E-state index in [0.717, 1.165) is 17.8 Å². The quantitative estimate of drug-likeness (QED) is 0.916. The molecule has 0 spiro atoms. The van der Waals surface area contributed by atoms with Gasteiger partial charge in [-0.1, -0.05) is 18.2 Å². The van der Waals surface area contributed by atoms with Crippen LogP contribution in [0.2, 0.25) is 0 Å². The van der Waals surface area contributed by atoms with Gasteiger partial charge in [-0.15, -0.1) is 0 Å². The predicted molar refractivity (Wildman–Crippen MR) is 71.3 cm³/mol. The van der Waals surface area contributed by atoms with E-state index < -0.39 is 5.82 Å². The lowest BCUT2D eigenvalue weighted by Crippen LogP contribution is -2.27. The maximum Gasteiger partial charge on any atom is 0.259 e. The topological polar surface area (TPSA) is 59.2 Å². The SMILES string of the molecule is CN(C(=O)c1cncc(F)c1)c1ccccc1CN. The predicted octanol–water partition coefficient (Wildman–Crippen LogP) is 1.96. The largest absolute Gasteiger partial charge is 0.326 e. The number of carbonyl (C=O) groups is 1. The number of benzene rings is 1. The summed E-state index contributed by atoms with van der Waals surface area (Å²) < 4.78 is 13.1. The van der Waals surface area contributed by atoms with E-state index in [1.807, 2.05) is 18.2 Å². The van der Waals surface area contributed by atoms with Crippen molar-refractivity contribution >= 4 is 11.6 Å². The second kappa shape index (κ2) is 5.58. The summed E-state index contributed by atoms with van der Waals surface area (Å²) in [5, 5.41) is 0. The second-order valence-electron chi connectivity index (χ2n) is 4.09. The summed E-state index contributed by atoms with van der Waals surface area (Å²) in [4.78, 5) is 17.4. The van der Waals surface area contributed by atoms with E-state index in [1.165, 1.54) is 11.1 Å². The smallest absolute Gasteiger partial charge is 0.259 e. The molecule has 1 amide bonds. The van der Waals surface area contributed by atoms with E-state index in [2.05, 4.69) is 4.98 Å². The van der Waals surface area contributed by atoms with Gasteiger partial charge in [-0.2, -0.15) is 0 Å². The number of hydrogen-bond acceptors (Lipinski definition) is 3. The van der Waals surface area contributed by atoms with Gasteiger partial charge in [-0.05, 0) is 17.7 Å². The lowest BCUT2D eigenvalue weighted by atomic mass is 10.1. The fourth-order valence-electron chi connectivity index (χ4n) is 1.84. The van der Waals surface area contributed by atoms with E-state index in [9.17, 15) is 9.18 Å². The van der Waals surface area contributed by atoms with Crippen molar-refractivity contribution in [3.05, 3.63) is 59.7 Å². The molecule has 19 heavy (non-hydrogen) atoms. The van der Waals surface area contributed by atoms with Gasteiger partial charge in [0.05, 0.1) is 11.8 Å². The van der Waals surface area contributed by atoms with Crippen molar-refractivity contribution in [2.75, 3.05) is 11.9 Å². The highest BCUT2D eigenvalue weighted by Crippen LogP contribution is 2.20. The zero-order valence-electron chi connectivity index (χ0n) is 10.5. The van der Waals surface area contributed by atoms with E-state index in [4.69, 9.17) is 5.73 Å². The number of anilines is 1. The average molecular weight is 259 g/mol. The number of pyridine rings is 1. The van der Waals surface area contributed by atoms with Gasteiger partial charge in [-0.25, -0.2) is 4.39 Å². The first-order valence-electron chi connectivity index (χ1n) is 5.80. The van der Waals surface area contributed by atoms with Crippen LogP contribution in [0.4, 0.5) is 10.1 Å². The van der Waals surface area contributed by atoms with E-state index in [-0.39, 0.29) is 11.5 Å². The molecule has 1 aromatic heterocycles. The number of amides is 1. The summed E-state index contributed by atoms with van der Waals surface area (Å²) in [6, 6.07) is 8.49. The fourth-order valence-corrected chi connectivity index (χ4v) is 1.84. The number of halogens is 1. The number of rotatable bonds is 3. The Morgan fingerprint density at radius 2 is 2.11 bits per heavy atom. The van der Waals surface area contributed by atoms with E-state index >= 15 is 0 Å². The van der Waals surface area contributed by atoms with Gasteiger partial charge in [-0.3, -0.25) is 9.78 Å². The molecule has 0 saturated heterocycles. The molecule has 4 nitrogen and oxygen atoms in total. The van der Waals surface area contributed by atoms with Gasteiger partial charge in [0.15, 0.2) is 0 Å². The van der Waals surface area contributed by atoms with Crippen LogP contribution in [-0.4, -0.2) is 17.9 Å². The first-order chi connectivity index (χ1) is 9.13. The summed E-state index contributed by atoms with van der Waals surface area (Å²) >= 11 is 0. The molecular formula is C14H14FN3O. The molecule has 0 unspecified atom stereocenters. The maximum absolute atomic E-state index is 13.1. The zero-order chi connectivity index (χ0) is 13.8. The molecule has 0 radical (unpaired) electrons. The summed E-state index contributed by atoms with van der Waals surface area (Å²) in [5.41, 5.74) is 7.40. The number of carbonyl (C=O) groups excluding carboxylic acids is 1. The van der Waals surface area contributed by atoms with Crippen LogP contribution in [-0.2, 0) is 6.54 Å². The fraction of sp³-hybridized carbons (Fsp3) is 0.143. The van der Waals surface area contributed by atoms with Gasteiger partial charge in [0, 0.05) is 25.5 Å². The van der Waals surface area contributed by atoms with Gasteiger partial charge < -0.3 is 10.6 Å². The molecule has 5 heteroatoms. The van der Waals surface area contributed by atoms with Crippen LogP contribution in [0, 0.1) is 5.82 Å². The molecule has 0 saturated carbocycles. The number of hydrogen-bond donors (Lipinski definition) is 1. The van der Waals surface area contributed by atoms with Crippen LogP contribution in [0.25, 0.3) is 0 Å². The Bertz CT molecular complexity index is 601. The minimum atomic E-state index is -0.536. The molecule has 0 atom stereocenters. The Morgan fingerprint density at radius 3 is 2.79 bits per heavy atom. The average Bonchev–Trinajstić information content (AvgIpc) is 2.45. The van der Waals surface area contributed by atoms with Gasteiger partial charge >= 0.3 is 0 Å². The van der Waals surface area contributed by atoms with Crippen molar-refractivity contribution in [2.45, 2.75) is 6.54 Å². The molecular weight excluding hydrogens is 245 g/mol. The normalized spacial score (nSPS) is 10.3. The minimum Gasteiger partial charge on any atom is -0.326 e. The zero-order valence-corrected chi connectivity index (χ0v) is 10.5. The van der Waals surface area contributed by atoms with Crippen molar-refractivity contribution < 1.29 is 9.18 Å². The Balaban J connectivity index is 2.33.